The summed E-state index contributed by atoms with van der Waals surface area (Å²) in [6, 6.07) is 4.04. The van der Waals surface area contributed by atoms with Gasteiger partial charge in [0.1, 0.15) is 5.82 Å². The number of anilines is 1. The molecule has 0 spiro atoms. The number of benzene rings is 1. The van der Waals surface area contributed by atoms with E-state index in [2.05, 4.69) is 11.8 Å². The monoisotopic (exact) mass is 264 g/mol. The van der Waals surface area contributed by atoms with Gasteiger partial charge in [-0.15, -0.1) is 0 Å². The van der Waals surface area contributed by atoms with Crippen LogP contribution in [0.1, 0.15) is 56.7 Å². The molecular weight excluding hydrogens is 239 g/mol. The summed E-state index contributed by atoms with van der Waals surface area (Å²) in [5.41, 5.74) is 8.79. The number of hydrogen-bond acceptors (Lipinski definition) is 2. The first-order valence-electron chi connectivity index (χ1n) is 7.36. The van der Waals surface area contributed by atoms with E-state index in [9.17, 15) is 4.39 Å². The Hall–Kier alpha value is -1.09. The van der Waals surface area contributed by atoms with E-state index >= 15 is 0 Å². The van der Waals surface area contributed by atoms with Crippen LogP contribution in [0.15, 0.2) is 12.1 Å². The van der Waals surface area contributed by atoms with Gasteiger partial charge < -0.3 is 10.6 Å². The van der Waals surface area contributed by atoms with Crippen molar-refractivity contribution in [1.29, 1.82) is 0 Å². The van der Waals surface area contributed by atoms with Gasteiger partial charge in [0.15, 0.2) is 0 Å². The molecular formula is C16H25FN2. The van der Waals surface area contributed by atoms with E-state index in [0.29, 0.717) is 11.6 Å². The highest BCUT2D eigenvalue weighted by molar-refractivity contribution is 5.58. The van der Waals surface area contributed by atoms with E-state index in [0.717, 1.165) is 17.8 Å². The summed E-state index contributed by atoms with van der Waals surface area (Å²) in [6.45, 7) is 6.87. The average Bonchev–Trinajstić information content (AvgIpc) is 2.87. The Balaban J connectivity index is 2.42. The van der Waals surface area contributed by atoms with Crippen LogP contribution in [0.2, 0.25) is 0 Å². The van der Waals surface area contributed by atoms with E-state index < -0.39 is 0 Å². The molecule has 2 rings (SSSR count). The topological polar surface area (TPSA) is 29.3 Å². The maximum absolute atomic E-state index is 13.8. The van der Waals surface area contributed by atoms with Crippen molar-refractivity contribution in [3.05, 3.63) is 29.1 Å². The van der Waals surface area contributed by atoms with E-state index in [-0.39, 0.29) is 11.9 Å². The van der Waals surface area contributed by atoms with Crippen molar-refractivity contribution in [2.45, 2.75) is 58.5 Å². The smallest absolute Gasteiger partial charge is 0.126 e. The predicted octanol–water partition coefficient (Wildman–Crippen LogP) is 3.92. The van der Waals surface area contributed by atoms with E-state index in [4.69, 9.17) is 5.73 Å². The first kappa shape index (κ1) is 14.3. The van der Waals surface area contributed by atoms with Gasteiger partial charge in [0, 0.05) is 24.3 Å². The third-order valence-electron chi connectivity index (χ3n) is 4.21. The summed E-state index contributed by atoms with van der Waals surface area (Å²) < 4.78 is 13.8. The molecule has 1 aliphatic rings. The molecule has 2 nitrogen and oxygen atoms in total. The van der Waals surface area contributed by atoms with Crippen LogP contribution in [0, 0.1) is 12.7 Å². The van der Waals surface area contributed by atoms with E-state index in [1.807, 2.05) is 19.9 Å². The Kier molecular flexibility index (Phi) is 4.46. The van der Waals surface area contributed by atoms with Crippen molar-refractivity contribution in [3.63, 3.8) is 0 Å². The van der Waals surface area contributed by atoms with Crippen LogP contribution < -0.4 is 10.6 Å². The molecule has 0 heterocycles. The highest BCUT2D eigenvalue weighted by atomic mass is 19.1. The molecule has 0 radical (unpaired) electrons. The minimum Gasteiger partial charge on any atom is -0.369 e. The molecule has 0 amide bonds. The summed E-state index contributed by atoms with van der Waals surface area (Å²) in [4.78, 5) is 2.41. The van der Waals surface area contributed by atoms with E-state index in [1.165, 1.54) is 25.7 Å². The van der Waals surface area contributed by atoms with Crippen molar-refractivity contribution in [2.24, 2.45) is 5.73 Å². The maximum atomic E-state index is 13.8. The van der Waals surface area contributed by atoms with Crippen LogP contribution in [-0.4, -0.2) is 12.6 Å². The first-order valence-corrected chi connectivity index (χ1v) is 7.36. The van der Waals surface area contributed by atoms with Gasteiger partial charge in [-0.05, 0) is 56.9 Å². The highest BCUT2D eigenvalue weighted by Gasteiger charge is 2.24. The number of nitrogens with two attached hydrogens (primary N) is 1. The number of hydrogen-bond donors (Lipinski definition) is 1. The van der Waals surface area contributed by atoms with Gasteiger partial charge in [-0.2, -0.15) is 0 Å². The zero-order valence-corrected chi connectivity index (χ0v) is 12.2. The van der Waals surface area contributed by atoms with Gasteiger partial charge in [-0.1, -0.05) is 12.8 Å². The molecule has 0 saturated heterocycles. The molecule has 19 heavy (non-hydrogen) atoms. The zero-order chi connectivity index (χ0) is 14.0. The van der Waals surface area contributed by atoms with Crippen molar-refractivity contribution >= 4 is 5.69 Å². The Morgan fingerprint density at radius 3 is 2.53 bits per heavy atom. The third kappa shape index (κ3) is 2.92. The zero-order valence-electron chi connectivity index (χ0n) is 12.2. The van der Waals surface area contributed by atoms with Crippen LogP contribution in [0.5, 0.6) is 0 Å². The number of nitrogens with zero attached hydrogens (tertiary/aromatic N) is 1. The predicted molar refractivity (Wildman–Crippen MR) is 79.0 cm³/mol. The normalized spacial score (nSPS) is 17.7. The Morgan fingerprint density at radius 2 is 2.00 bits per heavy atom. The summed E-state index contributed by atoms with van der Waals surface area (Å²) in [7, 11) is 0. The second kappa shape index (κ2) is 5.91. The van der Waals surface area contributed by atoms with Crippen LogP contribution in [0.3, 0.4) is 0 Å². The molecule has 1 unspecified atom stereocenters. The maximum Gasteiger partial charge on any atom is 0.126 e. The number of aryl methyl sites for hydroxylation is 1. The molecule has 0 bridgehead atoms. The van der Waals surface area contributed by atoms with Crippen LogP contribution >= 0.6 is 0 Å². The molecule has 2 N–H and O–H groups in total. The molecule has 1 aromatic carbocycles. The molecule has 106 valence electrons. The van der Waals surface area contributed by atoms with Crippen LogP contribution in [-0.2, 0) is 0 Å². The van der Waals surface area contributed by atoms with Gasteiger partial charge in [0.05, 0.1) is 0 Å². The fraction of sp³-hybridized carbons (Fsp3) is 0.625. The minimum absolute atomic E-state index is 0.138. The van der Waals surface area contributed by atoms with Gasteiger partial charge in [-0.3, -0.25) is 0 Å². The molecule has 1 fully saturated rings. The van der Waals surface area contributed by atoms with E-state index in [1.54, 1.807) is 6.07 Å². The largest absolute Gasteiger partial charge is 0.369 e. The number of rotatable bonds is 4. The fourth-order valence-electron chi connectivity index (χ4n) is 3.14. The van der Waals surface area contributed by atoms with Crippen molar-refractivity contribution in [2.75, 3.05) is 11.4 Å². The lowest BCUT2D eigenvalue weighted by Gasteiger charge is -2.33. The highest BCUT2D eigenvalue weighted by Crippen LogP contribution is 2.33. The third-order valence-corrected chi connectivity index (χ3v) is 4.21. The van der Waals surface area contributed by atoms with Gasteiger partial charge >= 0.3 is 0 Å². The first-order chi connectivity index (χ1) is 9.04. The summed E-state index contributed by atoms with van der Waals surface area (Å²) >= 11 is 0. The quantitative estimate of drug-likeness (QED) is 0.893. The molecule has 1 atom stereocenters. The van der Waals surface area contributed by atoms with Crippen LogP contribution in [0.4, 0.5) is 10.1 Å². The molecule has 0 aliphatic heterocycles. The Bertz CT molecular complexity index is 437. The van der Waals surface area contributed by atoms with Crippen molar-refractivity contribution < 1.29 is 4.39 Å². The van der Waals surface area contributed by atoms with Gasteiger partial charge in [-0.25, -0.2) is 4.39 Å². The second-order valence-corrected chi connectivity index (χ2v) is 5.67. The summed E-state index contributed by atoms with van der Waals surface area (Å²) in [6.07, 6.45) is 5.08. The summed E-state index contributed by atoms with van der Waals surface area (Å²) in [5.74, 6) is -0.154. The van der Waals surface area contributed by atoms with Crippen molar-refractivity contribution in [3.8, 4) is 0 Å². The lowest BCUT2D eigenvalue weighted by Crippen LogP contribution is -2.34. The SMILES string of the molecule is CCN(c1cc(C)c(F)cc1C(C)N)C1CCCC1. The standard InChI is InChI=1S/C16H25FN2/c1-4-19(13-7-5-6-8-13)16-9-11(2)15(17)10-14(16)12(3)18/h9-10,12-13H,4-8,18H2,1-3H3. The lowest BCUT2D eigenvalue weighted by atomic mass is 10.0. The lowest BCUT2D eigenvalue weighted by molar-refractivity contribution is 0.598. The van der Waals surface area contributed by atoms with Gasteiger partial charge in [0.25, 0.3) is 0 Å². The number of halogens is 1. The summed E-state index contributed by atoms with van der Waals surface area (Å²) in [5, 5.41) is 0. The fourth-order valence-corrected chi connectivity index (χ4v) is 3.14. The Morgan fingerprint density at radius 1 is 1.37 bits per heavy atom. The van der Waals surface area contributed by atoms with Crippen LogP contribution in [0.25, 0.3) is 0 Å². The van der Waals surface area contributed by atoms with Crippen molar-refractivity contribution in [1.82, 2.24) is 0 Å². The Labute approximate surface area is 115 Å². The molecule has 1 aromatic rings. The molecule has 1 aliphatic carbocycles. The van der Waals surface area contributed by atoms with Gasteiger partial charge in [0.2, 0.25) is 0 Å². The molecule has 3 heteroatoms. The average molecular weight is 264 g/mol. The molecule has 0 aromatic heterocycles. The molecule has 1 saturated carbocycles. The second-order valence-electron chi connectivity index (χ2n) is 5.67. The minimum atomic E-state index is -0.154.